The number of rotatable bonds is 6. The number of hydrogen-bond acceptors (Lipinski definition) is 5. The van der Waals surface area contributed by atoms with Crippen molar-refractivity contribution in [3.8, 4) is 0 Å². The molecule has 3 N–H and O–H groups in total. The largest absolute Gasteiger partial charge is 0.392 e. The molecular weight excluding hydrogens is 266 g/mol. The highest BCUT2D eigenvalue weighted by Gasteiger charge is 1.97. The van der Waals surface area contributed by atoms with Crippen molar-refractivity contribution in [1.82, 2.24) is 10.3 Å². The maximum absolute atomic E-state index is 8.97. The average Bonchev–Trinajstić information content (AvgIpc) is 2.50. The number of nitrogens with zero attached hydrogens (tertiary/aromatic N) is 1. The van der Waals surface area contributed by atoms with Gasteiger partial charge in [-0.05, 0) is 22.9 Å². The highest BCUT2D eigenvalue weighted by Crippen LogP contribution is 2.18. The van der Waals surface area contributed by atoms with Crippen LogP contribution in [-0.2, 0) is 0 Å². The van der Waals surface area contributed by atoms with Crippen LogP contribution in [0.25, 0.3) is 0 Å². The fraction of sp³-hybridized carbons (Fsp3) is 0.625. The summed E-state index contributed by atoms with van der Waals surface area (Å²) in [6.45, 7) is 4.02. The SMILES string of the molecule is CC(O)CNCCNc1nc(Br)cs1. The summed E-state index contributed by atoms with van der Waals surface area (Å²) in [6.07, 6.45) is -0.288. The van der Waals surface area contributed by atoms with E-state index in [1.54, 1.807) is 18.3 Å². The number of hydrogen-bond donors (Lipinski definition) is 3. The summed E-state index contributed by atoms with van der Waals surface area (Å²) in [5.74, 6) is 0. The van der Waals surface area contributed by atoms with Crippen LogP contribution >= 0.6 is 27.3 Å². The van der Waals surface area contributed by atoms with Gasteiger partial charge in [-0.15, -0.1) is 11.3 Å². The van der Waals surface area contributed by atoms with Crippen molar-refractivity contribution >= 4 is 32.4 Å². The standard InChI is InChI=1S/C8H14BrN3OS/c1-6(13)4-10-2-3-11-8-12-7(9)5-14-8/h5-6,10,13H,2-4H2,1H3,(H,11,12). The van der Waals surface area contributed by atoms with Gasteiger partial charge in [0.2, 0.25) is 0 Å². The topological polar surface area (TPSA) is 57.2 Å². The molecule has 80 valence electrons. The van der Waals surface area contributed by atoms with Gasteiger partial charge in [0.05, 0.1) is 6.10 Å². The first kappa shape index (κ1) is 11.9. The van der Waals surface area contributed by atoms with Gasteiger partial charge in [-0.25, -0.2) is 4.98 Å². The van der Waals surface area contributed by atoms with Gasteiger partial charge in [0, 0.05) is 25.0 Å². The van der Waals surface area contributed by atoms with E-state index in [9.17, 15) is 0 Å². The molecule has 1 unspecified atom stereocenters. The third kappa shape index (κ3) is 4.90. The molecule has 0 aliphatic heterocycles. The number of nitrogens with one attached hydrogen (secondary N) is 2. The molecule has 0 saturated heterocycles. The molecule has 0 aliphatic rings. The molecule has 1 rings (SSSR count). The van der Waals surface area contributed by atoms with Crippen LogP contribution in [0.3, 0.4) is 0 Å². The van der Waals surface area contributed by atoms with Crippen molar-refractivity contribution in [1.29, 1.82) is 0 Å². The van der Waals surface area contributed by atoms with Gasteiger partial charge < -0.3 is 15.7 Å². The van der Waals surface area contributed by atoms with Crippen LogP contribution in [0.4, 0.5) is 5.13 Å². The summed E-state index contributed by atoms with van der Waals surface area (Å²) in [5.41, 5.74) is 0. The second kappa shape index (κ2) is 6.34. The van der Waals surface area contributed by atoms with E-state index in [0.717, 1.165) is 22.8 Å². The molecule has 1 atom stereocenters. The molecule has 1 heterocycles. The third-order valence-electron chi connectivity index (χ3n) is 1.49. The molecule has 14 heavy (non-hydrogen) atoms. The van der Waals surface area contributed by atoms with Crippen molar-refractivity contribution in [2.45, 2.75) is 13.0 Å². The molecule has 0 radical (unpaired) electrons. The summed E-state index contributed by atoms with van der Waals surface area (Å²) in [6, 6.07) is 0. The van der Waals surface area contributed by atoms with Crippen LogP contribution in [-0.4, -0.2) is 35.8 Å². The minimum Gasteiger partial charge on any atom is -0.392 e. The van der Waals surface area contributed by atoms with Crippen LogP contribution in [0.15, 0.2) is 9.98 Å². The number of aliphatic hydroxyl groups excluding tert-OH is 1. The lowest BCUT2D eigenvalue weighted by molar-refractivity contribution is 0.192. The van der Waals surface area contributed by atoms with Gasteiger partial charge in [-0.2, -0.15) is 0 Å². The quantitative estimate of drug-likeness (QED) is 0.687. The second-order valence-electron chi connectivity index (χ2n) is 2.96. The van der Waals surface area contributed by atoms with Crippen LogP contribution in [0.5, 0.6) is 0 Å². The van der Waals surface area contributed by atoms with E-state index < -0.39 is 0 Å². The summed E-state index contributed by atoms with van der Waals surface area (Å²) < 4.78 is 0.863. The average molecular weight is 280 g/mol. The smallest absolute Gasteiger partial charge is 0.183 e. The molecule has 0 bridgehead atoms. The lowest BCUT2D eigenvalue weighted by Crippen LogP contribution is -2.28. The molecule has 6 heteroatoms. The molecule has 0 saturated carbocycles. The minimum atomic E-state index is -0.288. The van der Waals surface area contributed by atoms with Crippen molar-refractivity contribution in [2.75, 3.05) is 25.0 Å². The van der Waals surface area contributed by atoms with Crippen LogP contribution in [0, 0.1) is 0 Å². The second-order valence-corrected chi connectivity index (χ2v) is 4.63. The van der Waals surface area contributed by atoms with Crippen LogP contribution in [0.1, 0.15) is 6.92 Å². The number of anilines is 1. The van der Waals surface area contributed by atoms with E-state index in [-0.39, 0.29) is 6.10 Å². The maximum atomic E-state index is 8.97. The Balaban J connectivity index is 2.04. The monoisotopic (exact) mass is 279 g/mol. The highest BCUT2D eigenvalue weighted by atomic mass is 79.9. The first-order chi connectivity index (χ1) is 6.68. The van der Waals surface area contributed by atoms with E-state index >= 15 is 0 Å². The van der Waals surface area contributed by atoms with Crippen LogP contribution in [0.2, 0.25) is 0 Å². The third-order valence-corrected chi connectivity index (χ3v) is 3.00. The summed E-state index contributed by atoms with van der Waals surface area (Å²) >= 11 is 4.85. The van der Waals surface area contributed by atoms with E-state index in [1.165, 1.54) is 0 Å². The Hall–Kier alpha value is -0.170. The predicted molar refractivity (Wildman–Crippen MR) is 62.9 cm³/mol. The molecule has 1 aromatic rings. The zero-order valence-electron chi connectivity index (χ0n) is 7.96. The van der Waals surface area contributed by atoms with Gasteiger partial charge in [-0.3, -0.25) is 0 Å². The Morgan fingerprint density at radius 1 is 1.64 bits per heavy atom. The molecule has 0 amide bonds. The van der Waals surface area contributed by atoms with E-state index in [4.69, 9.17) is 5.11 Å². The Kier molecular flexibility index (Phi) is 5.39. The molecule has 4 nitrogen and oxygen atoms in total. The first-order valence-corrected chi connectivity index (χ1v) is 6.09. The fourth-order valence-electron chi connectivity index (χ4n) is 0.904. The number of aromatic nitrogens is 1. The molecule has 0 fully saturated rings. The molecular formula is C8H14BrN3OS. The summed E-state index contributed by atoms with van der Waals surface area (Å²) in [5, 5.41) is 18.1. The molecule has 0 aliphatic carbocycles. The van der Waals surface area contributed by atoms with Gasteiger partial charge in [0.25, 0.3) is 0 Å². The maximum Gasteiger partial charge on any atom is 0.183 e. The van der Waals surface area contributed by atoms with Gasteiger partial charge in [0.1, 0.15) is 4.60 Å². The lowest BCUT2D eigenvalue weighted by atomic mass is 10.4. The Morgan fingerprint density at radius 2 is 2.43 bits per heavy atom. The highest BCUT2D eigenvalue weighted by molar-refractivity contribution is 9.10. The summed E-state index contributed by atoms with van der Waals surface area (Å²) in [4.78, 5) is 4.19. The minimum absolute atomic E-state index is 0.288. The molecule has 1 aromatic heterocycles. The Labute approximate surface area is 95.9 Å². The summed E-state index contributed by atoms with van der Waals surface area (Å²) in [7, 11) is 0. The van der Waals surface area contributed by atoms with Gasteiger partial charge >= 0.3 is 0 Å². The van der Waals surface area contributed by atoms with E-state index in [0.29, 0.717) is 6.54 Å². The van der Waals surface area contributed by atoms with Crippen molar-refractivity contribution in [3.05, 3.63) is 9.98 Å². The normalized spacial score (nSPS) is 12.8. The number of thiazole rings is 1. The first-order valence-electron chi connectivity index (χ1n) is 4.42. The molecule has 0 aromatic carbocycles. The number of aliphatic hydroxyl groups is 1. The van der Waals surface area contributed by atoms with Gasteiger partial charge in [0.15, 0.2) is 5.13 Å². The van der Waals surface area contributed by atoms with Crippen molar-refractivity contribution in [2.24, 2.45) is 0 Å². The van der Waals surface area contributed by atoms with Crippen LogP contribution < -0.4 is 10.6 Å². The van der Waals surface area contributed by atoms with Crippen molar-refractivity contribution < 1.29 is 5.11 Å². The zero-order valence-corrected chi connectivity index (χ0v) is 10.4. The van der Waals surface area contributed by atoms with E-state index in [2.05, 4.69) is 31.5 Å². The number of halogens is 1. The zero-order chi connectivity index (χ0) is 10.4. The lowest BCUT2D eigenvalue weighted by Gasteiger charge is -2.06. The Morgan fingerprint density at radius 3 is 3.00 bits per heavy atom. The predicted octanol–water partition coefficient (Wildman–Crippen LogP) is 1.29. The fourth-order valence-corrected chi connectivity index (χ4v) is 2.08. The van der Waals surface area contributed by atoms with Gasteiger partial charge in [-0.1, -0.05) is 0 Å². The van der Waals surface area contributed by atoms with Crippen molar-refractivity contribution in [3.63, 3.8) is 0 Å². The van der Waals surface area contributed by atoms with E-state index in [1.807, 2.05) is 5.38 Å². The molecule has 0 spiro atoms. The Bertz CT molecular complexity index is 267.